The number of rotatable bonds is 1. The third-order valence-electron chi connectivity index (χ3n) is 4.75. The first-order chi connectivity index (χ1) is 12.0. The number of anilines is 1. The molecule has 1 N–H and O–H groups in total. The van der Waals surface area contributed by atoms with Crippen molar-refractivity contribution < 1.29 is 9.18 Å². The van der Waals surface area contributed by atoms with Crippen molar-refractivity contribution >= 4 is 34.2 Å². The average Bonchev–Trinajstić information content (AvgIpc) is 2.88. The maximum atomic E-state index is 13.7. The van der Waals surface area contributed by atoms with Crippen LogP contribution in [0.25, 0.3) is 10.9 Å². The summed E-state index contributed by atoms with van der Waals surface area (Å²) < 4.78 is 15.8. The van der Waals surface area contributed by atoms with Crippen LogP contribution in [0.4, 0.5) is 14.9 Å². The Balaban J connectivity index is 1.61. The van der Waals surface area contributed by atoms with Gasteiger partial charge in [0.2, 0.25) is 0 Å². The number of nitrogens with zero attached hydrogens (tertiary/aromatic N) is 2. The number of aryl methyl sites for hydroxylation is 1. The minimum Gasteiger partial charge on any atom is -0.347 e. The molecule has 2 heterocycles. The van der Waals surface area contributed by atoms with E-state index < -0.39 is 0 Å². The van der Waals surface area contributed by atoms with Gasteiger partial charge in [-0.3, -0.25) is 0 Å². The number of fused-ring (bicyclic) bond motifs is 3. The largest absolute Gasteiger partial charge is 0.347 e. The summed E-state index contributed by atoms with van der Waals surface area (Å²) in [5.74, 6) is -0.261. The van der Waals surface area contributed by atoms with Crippen LogP contribution in [-0.2, 0) is 20.0 Å². The zero-order chi connectivity index (χ0) is 17.6. The van der Waals surface area contributed by atoms with E-state index in [1.807, 2.05) is 7.05 Å². The maximum absolute atomic E-state index is 13.7. The van der Waals surface area contributed by atoms with Crippen LogP contribution in [0.15, 0.2) is 42.5 Å². The first kappa shape index (κ1) is 16.0. The number of urea groups is 1. The van der Waals surface area contributed by atoms with Gasteiger partial charge in [-0.25, -0.2) is 9.18 Å². The Morgan fingerprint density at radius 2 is 1.96 bits per heavy atom. The van der Waals surface area contributed by atoms with Gasteiger partial charge in [0.05, 0.1) is 0 Å². The zero-order valence-corrected chi connectivity index (χ0v) is 14.5. The second-order valence-corrected chi connectivity index (χ2v) is 6.69. The van der Waals surface area contributed by atoms with E-state index >= 15 is 0 Å². The lowest BCUT2D eigenvalue weighted by Gasteiger charge is -2.28. The monoisotopic (exact) mass is 357 g/mol. The number of benzene rings is 2. The van der Waals surface area contributed by atoms with Crippen molar-refractivity contribution in [2.75, 3.05) is 11.9 Å². The highest BCUT2D eigenvalue weighted by atomic mass is 35.5. The molecule has 1 aromatic heterocycles. The quantitative estimate of drug-likeness (QED) is 0.681. The maximum Gasteiger partial charge on any atom is 0.322 e. The van der Waals surface area contributed by atoms with E-state index in [0.29, 0.717) is 23.8 Å². The Labute approximate surface area is 149 Å². The molecule has 4 nitrogen and oxygen atoms in total. The lowest BCUT2D eigenvalue weighted by molar-refractivity contribution is 0.206. The molecule has 0 bridgehead atoms. The van der Waals surface area contributed by atoms with E-state index in [1.165, 1.54) is 6.07 Å². The van der Waals surface area contributed by atoms with Gasteiger partial charge >= 0.3 is 6.03 Å². The molecule has 1 aliphatic heterocycles. The molecule has 25 heavy (non-hydrogen) atoms. The van der Waals surface area contributed by atoms with E-state index in [9.17, 15) is 9.18 Å². The molecule has 3 aromatic rings. The molecule has 0 saturated carbocycles. The topological polar surface area (TPSA) is 37.3 Å². The summed E-state index contributed by atoms with van der Waals surface area (Å²) in [5.41, 5.74) is 3.88. The van der Waals surface area contributed by atoms with Crippen LogP contribution in [0.2, 0.25) is 5.02 Å². The fourth-order valence-electron chi connectivity index (χ4n) is 3.46. The minimum atomic E-state index is -0.261. The molecule has 0 saturated heterocycles. The fraction of sp³-hybridized carbons (Fsp3) is 0.211. The molecule has 0 aliphatic carbocycles. The molecule has 2 amide bonds. The van der Waals surface area contributed by atoms with Crippen molar-refractivity contribution in [2.24, 2.45) is 7.05 Å². The van der Waals surface area contributed by atoms with Crippen LogP contribution >= 0.6 is 11.6 Å². The van der Waals surface area contributed by atoms with Crippen LogP contribution in [0.5, 0.6) is 0 Å². The van der Waals surface area contributed by atoms with Gasteiger partial charge in [-0.05, 0) is 42.5 Å². The number of aromatic nitrogens is 1. The molecule has 1 aliphatic rings. The molecule has 0 radical (unpaired) electrons. The summed E-state index contributed by atoms with van der Waals surface area (Å²) in [6.07, 6.45) is 0.746. The molecule has 0 atom stereocenters. The van der Waals surface area contributed by atoms with Crippen molar-refractivity contribution in [3.63, 3.8) is 0 Å². The third-order valence-corrected chi connectivity index (χ3v) is 5.00. The van der Waals surface area contributed by atoms with Crippen LogP contribution in [0.1, 0.15) is 11.3 Å². The summed E-state index contributed by atoms with van der Waals surface area (Å²) in [6, 6.07) is 11.7. The molecule has 128 valence electrons. The number of carbonyl (C=O) groups excluding carboxylic acids is 1. The highest BCUT2D eigenvalue weighted by molar-refractivity contribution is 6.30. The van der Waals surface area contributed by atoms with Gasteiger partial charge < -0.3 is 14.8 Å². The number of hydrogen-bond donors (Lipinski definition) is 1. The van der Waals surface area contributed by atoms with Gasteiger partial charge in [0.15, 0.2) is 0 Å². The Kier molecular flexibility index (Phi) is 3.88. The van der Waals surface area contributed by atoms with Gasteiger partial charge in [0.1, 0.15) is 5.82 Å². The van der Waals surface area contributed by atoms with Gasteiger partial charge in [-0.1, -0.05) is 11.6 Å². The summed E-state index contributed by atoms with van der Waals surface area (Å²) in [7, 11) is 1.99. The molecule has 0 unspecified atom stereocenters. The number of carbonyl (C=O) groups is 1. The molecular weight excluding hydrogens is 341 g/mol. The van der Waals surface area contributed by atoms with E-state index in [0.717, 1.165) is 28.6 Å². The summed E-state index contributed by atoms with van der Waals surface area (Å²) in [4.78, 5) is 14.3. The molecule has 0 spiro atoms. The molecule has 0 fully saturated rings. The molecular formula is C19H17ClFN3O. The third kappa shape index (κ3) is 2.85. The van der Waals surface area contributed by atoms with Crippen LogP contribution in [-0.4, -0.2) is 22.0 Å². The lowest BCUT2D eigenvalue weighted by atomic mass is 10.0. The predicted octanol–water partition coefficient (Wildman–Crippen LogP) is 4.56. The highest BCUT2D eigenvalue weighted by Gasteiger charge is 2.25. The Morgan fingerprint density at radius 3 is 2.72 bits per heavy atom. The van der Waals surface area contributed by atoms with Gasteiger partial charge in [-0.15, -0.1) is 0 Å². The van der Waals surface area contributed by atoms with E-state index in [4.69, 9.17) is 11.6 Å². The van der Waals surface area contributed by atoms with E-state index in [2.05, 4.69) is 9.88 Å². The predicted molar refractivity (Wildman–Crippen MR) is 97.5 cm³/mol. The van der Waals surface area contributed by atoms with E-state index in [1.54, 1.807) is 41.3 Å². The van der Waals surface area contributed by atoms with Crippen LogP contribution in [0, 0.1) is 5.82 Å². The Hall–Kier alpha value is -2.53. The standard InChI is InChI=1S/C19H17ClFN3O/c1-23-17-7-4-13(21)10-15(17)16-11-24(9-8-18(16)23)19(25)22-14-5-2-12(20)3-6-14/h2-7,10H,8-9,11H2,1H3,(H,22,25). The minimum absolute atomic E-state index is 0.165. The first-order valence-electron chi connectivity index (χ1n) is 8.10. The van der Waals surface area contributed by atoms with Crippen LogP contribution in [0.3, 0.4) is 0 Å². The van der Waals surface area contributed by atoms with Crippen molar-refractivity contribution in [1.82, 2.24) is 9.47 Å². The van der Waals surface area contributed by atoms with Crippen molar-refractivity contribution in [1.29, 1.82) is 0 Å². The summed E-state index contributed by atoms with van der Waals surface area (Å²) >= 11 is 5.87. The number of hydrogen-bond acceptors (Lipinski definition) is 1. The number of amides is 2. The second-order valence-electron chi connectivity index (χ2n) is 6.25. The highest BCUT2D eigenvalue weighted by Crippen LogP contribution is 2.31. The van der Waals surface area contributed by atoms with Gasteiger partial charge in [0, 0.05) is 59.4 Å². The molecule has 4 rings (SSSR count). The number of halogens is 2. The SMILES string of the molecule is Cn1c2c(c3cc(F)ccc31)CN(C(=O)Nc1ccc(Cl)cc1)CC2. The van der Waals surface area contributed by atoms with Crippen LogP contribution < -0.4 is 5.32 Å². The zero-order valence-electron chi connectivity index (χ0n) is 13.7. The fourth-order valence-corrected chi connectivity index (χ4v) is 3.59. The Morgan fingerprint density at radius 1 is 1.20 bits per heavy atom. The van der Waals surface area contributed by atoms with Crippen molar-refractivity contribution in [3.05, 3.63) is 64.6 Å². The normalized spacial score (nSPS) is 13.8. The number of nitrogens with one attached hydrogen (secondary N) is 1. The first-order valence-corrected chi connectivity index (χ1v) is 8.48. The summed E-state index contributed by atoms with van der Waals surface area (Å²) in [5, 5.41) is 4.38. The Bertz CT molecular complexity index is 965. The molecule has 6 heteroatoms. The summed E-state index contributed by atoms with van der Waals surface area (Å²) in [6.45, 7) is 1.09. The van der Waals surface area contributed by atoms with Gasteiger partial charge in [-0.2, -0.15) is 0 Å². The van der Waals surface area contributed by atoms with Gasteiger partial charge in [0.25, 0.3) is 0 Å². The second kappa shape index (κ2) is 6.08. The van der Waals surface area contributed by atoms with E-state index in [-0.39, 0.29) is 11.8 Å². The van der Waals surface area contributed by atoms with Crippen molar-refractivity contribution in [3.8, 4) is 0 Å². The lowest BCUT2D eigenvalue weighted by Crippen LogP contribution is -2.39. The smallest absolute Gasteiger partial charge is 0.322 e. The van der Waals surface area contributed by atoms with Crippen molar-refractivity contribution in [2.45, 2.75) is 13.0 Å². The average molecular weight is 358 g/mol. The molecule has 2 aromatic carbocycles.